The Morgan fingerprint density at radius 2 is 1.30 bits per heavy atom. The molecule has 16 heteroatoms. The lowest BCUT2D eigenvalue weighted by Gasteiger charge is -2.18. The van der Waals surface area contributed by atoms with E-state index in [-0.39, 0.29) is 17.7 Å². The zero-order valence-corrected chi connectivity index (χ0v) is 21.8. The van der Waals surface area contributed by atoms with Gasteiger partial charge in [-0.2, -0.15) is 39.5 Å². The predicted octanol–water partition coefficient (Wildman–Crippen LogP) is 4.55. The van der Waals surface area contributed by atoms with E-state index in [9.17, 15) is 48.0 Å². The van der Waals surface area contributed by atoms with Crippen molar-refractivity contribution in [1.82, 2.24) is 4.72 Å². The molecule has 1 N–H and O–H groups in total. The minimum Gasteiger partial charge on any atom is -0.468 e. The van der Waals surface area contributed by atoms with Crippen molar-refractivity contribution < 1.29 is 56.9 Å². The molecule has 0 saturated carbocycles. The summed E-state index contributed by atoms with van der Waals surface area (Å²) in [6.07, 6.45) is -9.97. The van der Waals surface area contributed by atoms with Crippen molar-refractivity contribution in [1.29, 1.82) is 0 Å². The fraction of sp³-hybridized carbons (Fsp3) is 0.208. The molecule has 0 radical (unpaired) electrons. The van der Waals surface area contributed by atoms with Gasteiger partial charge in [0.1, 0.15) is 16.7 Å². The number of benzene rings is 3. The van der Waals surface area contributed by atoms with Gasteiger partial charge in [0.2, 0.25) is 10.0 Å². The minimum atomic E-state index is -4.81. The summed E-state index contributed by atoms with van der Waals surface area (Å²) in [5.41, 5.74) is -2.18. The number of hydrogen-bond acceptors (Lipinski definition) is 7. The van der Waals surface area contributed by atoms with Crippen LogP contribution in [0.4, 0.5) is 26.3 Å². The zero-order valence-electron chi connectivity index (χ0n) is 20.2. The Hall–Kier alpha value is -3.63. The molecule has 8 nitrogen and oxygen atoms in total. The van der Waals surface area contributed by atoms with Crippen molar-refractivity contribution in [3.05, 3.63) is 89.5 Å². The zero-order chi connectivity index (χ0) is 29.9. The van der Waals surface area contributed by atoms with Crippen LogP contribution >= 0.6 is 0 Å². The molecule has 0 amide bonds. The second-order valence-corrected chi connectivity index (χ2v) is 11.4. The Labute approximate surface area is 224 Å². The van der Waals surface area contributed by atoms with Crippen LogP contribution in [0, 0.1) is 0 Å². The number of ether oxygens (including phenoxy) is 1. The third kappa shape index (κ3) is 7.73. The van der Waals surface area contributed by atoms with Crippen molar-refractivity contribution in [2.75, 3.05) is 7.11 Å². The first-order valence-electron chi connectivity index (χ1n) is 10.9. The Morgan fingerprint density at radius 1 is 0.800 bits per heavy atom. The van der Waals surface area contributed by atoms with Crippen molar-refractivity contribution in [3.63, 3.8) is 0 Å². The van der Waals surface area contributed by atoms with Crippen molar-refractivity contribution >= 4 is 26.1 Å². The van der Waals surface area contributed by atoms with Crippen LogP contribution in [-0.4, -0.2) is 36.0 Å². The van der Waals surface area contributed by atoms with E-state index in [2.05, 4.69) is 4.74 Å². The van der Waals surface area contributed by atoms with Crippen LogP contribution < -0.4 is 8.91 Å². The molecule has 0 aliphatic carbocycles. The third-order valence-electron chi connectivity index (χ3n) is 5.27. The lowest BCUT2D eigenvalue weighted by Crippen LogP contribution is -2.43. The van der Waals surface area contributed by atoms with Crippen LogP contribution in [0.1, 0.15) is 16.7 Å². The Balaban J connectivity index is 1.79. The van der Waals surface area contributed by atoms with Gasteiger partial charge in [0.05, 0.1) is 23.1 Å². The molecular formula is C24H19F6NO7S2. The van der Waals surface area contributed by atoms with E-state index >= 15 is 0 Å². The highest BCUT2D eigenvalue weighted by atomic mass is 32.2. The molecule has 0 saturated heterocycles. The van der Waals surface area contributed by atoms with Gasteiger partial charge < -0.3 is 8.92 Å². The molecule has 3 rings (SSSR count). The van der Waals surface area contributed by atoms with Crippen LogP contribution in [0.3, 0.4) is 0 Å². The third-order valence-corrected chi connectivity index (χ3v) is 7.99. The van der Waals surface area contributed by atoms with Gasteiger partial charge in [-0.15, -0.1) is 0 Å². The van der Waals surface area contributed by atoms with Crippen molar-refractivity contribution in [2.45, 2.75) is 34.6 Å². The van der Waals surface area contributed by atoms with Crippen LogP contribution in [0.2, 0.25) is 0 Å². The first-order valence-corrected chi connectivity index (χ1v) is 13.8. The summed E-state index contributed by atoms with van der Waals surface area (Å²) >= 11 is 0. The highest BCUT2D eigenvalue weighted by Crippen LogP contribution is 2.32. The van der Waals surface area contributed by atoms with Crippen LogP contribution in [0.15, 0.2) is 82.6 Å². The lowest BCUT2D eigenvalue weighted by atomic mass is 10.1. The van der Waals surface area contributed by atoms with E-state index in [1.165, 1.54) is 12.1 Å². The number of halogens is 6. The van der Waals surface area contributed by atoms with E-state index in [0.717, 1.165) is 43.5 Å². The Bertz CT molecular complexity index is 1590. The molecule has 0 heterocycles. The van der Waals surface area contributed by atoms with Crippen LogP contribution in [0.25, 0.3) is 0 Å². The molecule has 0 fully saturated rings. The first kappa shape index (κ1) is 30.9. The highest BCUT2D eigenvalue weighted by molar-refractivity contribution is 7.89. The highest BCUT2D eigenvalue weighted by Gasteiger charge is 2.34. The molecule has 0 aromatic heterocycles. The van der Waals surface area contributed by atoms with E-state index in [4.69, 9.17) is 4.18 Å². The topological polar surface area (TPSA) is 116 Å². The number of nitrogens with one attached hydrogen (secondary N) is 1. The Morgan fingerprint density at radius 3 is 1.80 bits per heavy atom. The number of hydrogen-bond donors (Lipinski definition) is 1. The minimum absolute atomic E-state index is 0.242. The van der Waals surface area contributed by atoms with Gasteiger partial charge >= 0.3 is 28.4 Å². The molecule has 0 bridgehead atoms. The number of rotatable bonds is 9. The summed E-state index contributed by atoms with van der Waals surface area (Å²) < 4.78 is 140. The average Bonchev–Trinajstić information content (AvgIpc) is 2.88. The number of esters is 1. The first-order chi connectivity index (χ1) is 18.4. The molecule has 3 aromatic carbocycles. The number of alkyl halides is 6. The molecule has 216 valence electrons. The van der Waals surface area contributed by atoms with Crippen LogP contribution in [0.5, 0.6) is 5.75 Å². The SMILES string of the molecule is COC(=O)[C@H](Cc1ccc(OS(=O)(=O)c2cccc(C(F)(F)F)c2)cc1)NS(=O)(=O)c1cccc(C(F)(F)F)c1. The Kier molecular flexibility index (Phi) is 8.86. The maximum atomic E-state index is 13.0. The normalized spacial score (nSPS) is 13.5. The summed E-state index contributed by atoms with van der Waals surface area (Å²) in [6.45, 7) is 0. The van der Waals surface area contributed by atoms with Gasteiger partial charge in [0.25, 0.3) is 0 Å². The molecule has 0 unspecified atom stereocenters. The van der Waals surface area contributed by atoms with E-state index in [1.807, 2.05) is 4.72 Å². The molecular weight excluding hydrogens is 592 g/mol. The monoisotopic (exact) mass is 611 g/mol. The van der Waals surface area contributed by atoms with E-state index in [1.54, 1.807) is 0 Å². The summed E-state index contributed by atoms with van der Waals surface area (Å²) in [6, 6.07) is 8.87. The average molecular weight is 612 g/mol. The summed E-state index contributed by atoms with van der Waals surface area (Å²) in [5, 5.41) is 0. The molecule has 40 heavy (non-hydrogen) atoms. The van der Waals surface area contributed by atoms with E-state index < -0.39 is 65.4 Å². The fourth-order valence-electron chi connectivity index (χ4n) is 3.33. The second-order valence-electron chi connectivity index (χ2n) is 8.13. The van der Waals surface area contributed by atoms with Gasteiger partial charge in [-0.05, 0) is 60.5 Å². The maximum absolute atomic E-state index is 13.0. The van der Waals surface area contributed by atoms with Gasteiger partial charge in [-0.1, -0.05) is 24.3 Å². The number of carbonyl (C=O) groups is 1. The number of sulfonamides is 1. The van der Waals surface area contributed by atoms with Crippen molar-refractivity contribution in [2.24, 2.45) is 0 Å². The fourth-order valence-corrected chi connectivity index (χ4v) is 5.54. The summed E-state index contributed by atoms with van der Waals surface area (Å²) in [7, 11) is -8.33. The standard InChI is InChI=1S/C24H19F6NO7S2/c1-37-22(32)21(31-39(33,34)19-6-2-4-16(13-19)23(25,26)27)12-15-8-10-18(11-9-15)38-40(35,36)20-7-3-5-17(14-20)24(28,29)30/h2-11,13-14,21,31H,12H2,1H3/t21-/m0/s1. The molecule has 3 aromatic rings. The van der Waals surface area contributed by atoms with E-state index in [0.29, 0.717) is 24.3 Å². The maximum Gasteiger partial charge on any atom is 0.416 e. The quantitative estimate of drug-likeness (QED) is 0.214. The van der Waals surface area contributed by atoms with Crippen LogP contribution in [-0.2, 0) is 48.4 Å². The number of methoxy groups -OCH3 is 1. The van der Waals surface area contributed by atoms with Gasteiger partial charge in [0, 0.05) is 0 Å². The molecule has 0 aliphatic heterocycles. The predicted molar refractivity (Wildman–Crippen MR) is 127 cm³/mol. The van der Waals surface area contributed by atoms with Crippen molar-refractivity contribution in [3.8, 4) is 5.75 Å². The summed E-state index contributed by atoms with van der Waals surface area (Å²) in [5.74, 6) is -1.37. The van der Waals surface area contributed by atoms with Gasteiger partial charge in [-0.3, -0.25) is 4.79 Å². The largest absolute Gasteiger partial charge is 0.468 e. The molecule has 0 spiro atoms. The summed E-state index contributed by atoms with van der Waals surface area (Å²) in [4.78, 5) is 10.7. The number of carbonyl (C=O) groups excluding carboxylic acids is 1. The van der Waals surface area contributed by atoms with Gasteiger partial charge in [0.15, 0.2) is 0 Å². The van der Waals surface area contributed by atoms with Gasteiger partial charge in [-0.25, -0.2) is 8.42 Å². The smallest absolute Gasteiger partial charge is 0.416 e. The lowest BCUT2D eigenvalue weighted by molar-refractivity contribution is -0.142. The molecule has 0 aliphatic rings. The molecule has 1 atom stereocenters. The second kappa shape index (κ2) is 11.5.